The largest absolute Gasteiger partial charge is 0.327 e. The number of nitrogens with two attached hydrogens (primary N) is 1. The Morgan fingerprint density at radius 3 is 2.62 bits per heavy atom. The van der Waals surface area contributed by atoms with Gasteiger partial charge in [-0.2, -0.15) is 0 Å². The average Bonchev–Trinajstić information content (AvgIpc) is 2.31. The molecule has 2 heteroatoms. The van der Waals surface area contributed by atoms with Crippen LogP contribution < -0.4 is 5.73 Å². The first-order valence-electron chi connectivity index (χ1n) is 6.22. The lowest BCUT2D eigenvalue weighted by Gasteiger charge is -2.41. The van der Waals surface area contributed by atoms with E-state index < -0.39 is 0 Å². The van der Waals surface area contributed by atoms with E-state index in [0.29, 0.717) is 18.0 Å². The van der Waals surface area contributed by atoms with Crippen LogP contribution in [0.2, 0.25) is 0 Å². The molecule has 0 amide bonds. The Morgan fingerprint density at radius 1 is 1.25 bits per heavy atom. The van der Waals surface area contributed by atoms with Crippen LogP contribution in [0.1, 0.15) is 25.8 Å². The highest BCUT2D eigenvalue weighted by Crippen LogP contribution is 2.23. The van der Waals surface area contributed by atoms with Crippen LogP contribution in [-0.4, -0.2) is 23.5 Å². The van der Waals surface area contributed by atoms with Gasteiger partial charge in [-0.1, -0.05) is 37.3 Å². The molecule has 0 aliphatic carbocycles. The van der Waals surface area contributed by atoms with E-state index >= 15 is 0 Å². The number of rotatable bonds is 2. The van der Waals surface area contributed by atoms with E-state index in [2.05, 4.69) is 49.1 Å². The minimum Gasteiger partial charge on any atom is -0.327 e. The first-order valence-corrected chi connectivity index (χ1v) is 6.22. The van der Waals surface area contributed by atoms with E-state index in [1.807, 2.05) is 0 Å². The van der Waals surface area contributed by atoms with Gasteiger partial charge >= 0.3 is 0 Å². The smallest absolute Gasteiger partial charge is 0.0236 e. The third kappa shape index (κ3) is 2.45. The Morgan fingerprint density at radius 2 is 1.94 bits per heavy atom. The zero-order valence-electron chi connectivity index (χ0n) is 10.3. The van der Waals surface area contributed by atoms with Crippen molar-refractivity contribution in [1.29, 1.82) is 0 Å². The fourth-order valence-corrected chi connectivity index (χ4v) is 2.51. The summed E-state index contributed by atoms with van der Waals surface area (Å²) in [6.45, 7) is 6.75. The molecule has 0 spiro atoms. The van der Waals surface area contributed by atoms with Crippen molar-refractivity contribution >= 4 is 0 Å². The molecule has 3 atom stereocenters. The van der Waals surface area contributed by atoms with E-state index in [4.69, 9.17) is 5.73 Å². The third-order valence-corrected chi connectivity index (χ3v) is 3.99. The maximum Gasteiger partial charge on any atom is 0.0236 e. The van der Waals surface area contributed by atoms with Crippen LogP contribution in [0.15, 0.2) is 30.3 Å². The molecule has 2 rings (SSSR count). The van der Waals surface area contributed by atoms with E-state index in [9.17, 15) is 0 Å². The van der Waals surface area contributed by atoms with E-state index in [0.717, 1.165) is 19.5 Å². The molecule has 0 bridgehead atoms. The number of benzene rings is 1. The quantitative estimate of drug-likeness (QED) is 0.825. The van der Waals surface area contributed by atoms with Crippen molar-refractivity contribution in [3.63, 3.8) is 0 Å². The summed E-state index contributed by atoms with van der Waals surface area (Å²) in [4.78, 5) is 2.54. The average molecular weight is 218 g/mol. The van der Waals surface area contributed by atoms with Crippen molar-refractivity contribution < 1.29 is 0 Å². The molecule has 88 valence electrons. The topological polar surface area (TPSA) is 29.3 Å². The van der Waals surface area contributed by atoms with Crippen LogP contribution in [0.25, 0.3) is 0 Å². The molecule has 2 N–H and O–H groups in total. The zero-order chi connectivity index (χ0) is 11.5. The van der Waals surface area contributed by atoms with Crippen LogP contribution in [0, 0.1) is 5.92 Å². The van der Waals surface area contributed by atoms with Gasteiger partial charge in [0.15, 0.2) is 0 Å². The Labute approximate surface area is 98.4 Å². The highest BCUT2D eigenvalue weighted by molar-refractivity contribution is 5.14. The fraction of sp³-hybridized carbons (Fsp3) is 0.571. The number of hydrogen-bond acceptors (Lipinski definition) is 2. The lowest BCUT2D eigenvalue weighted by atomic mass is 9.87. The molecule has 2 nitrogen and oxygen atoms in total. The van der Waals surface area contributed by atoms with Gasteiger partial charge in [-0.15, -0.1) is 0 Å². The van der Waals surface area contributed by atoms with Crippen LogP contribution in [0.4, 0.5) is 0 Å². The van der Waals surface area contributed by atoms with Crippen molar-refractivity contribution in [2.45, 2.75) is 38.9 Å². The molecule has 1 heterocycles. The first-order chi connectivity index (χ1) is 7.68. The van der Waals surface area contributed by atoms with E-state index in [-0.39, 0.29) is 0 Å². The summed E-state index contributed by atoms with van der Waals surface area (Å²) in [5, 5.41) is 0. The van der Waals surface area contributed by atoms with Gasteiger partial charge in [0.05, 0.1) is 0 Å². The molecule has 0 unspecified atom stereocenters. The Hall–Kier alpha value is -0.860. The zero-order valence-corrected chi connectivity index (χ0v) is 10.3. The molecule has 1 aliphatic heterocycles. The molecular weight excluding hydrogens is 196 g/mol. The molecule has 0 saturated carbocycles. The number of nitrogens with zero attached hydrogens (tertiary/aromatic N) is 1. The minimum absolute atomic E-state index is 0.377. The maximum absolute atomic E-state index is 6.10. The molecule has 1 saturated heterocycles. The van der Waals surface area contributed by atoms with Crippen LogP contribution in [-0.2, 0) is 6.54 Å². The summed E-state index contributed by atoms with van der Waals surface area (Å²) in [5.74, 6) is 0.595. The van der Waals surface area contributed by atoms with Crippen molar-refractivity contribution in [3.05, 3.63) is 35.9 Å². The molecule has 1 fully saturated rings. The first kappa shape index (κ1) is 11.6. The maximum atomic E-state index is 6.10. The van der Waals surface area contributed by atoms with Gasteiger partial charge in [-0.25, -0.2) is 0 Å². The van der Waals surface area contributed by atoms with Gasteiger partial charge in [0.1, 0.15) is 0 Å². The SMILES string of the molecule is C[C@H]1[C@@H](C)N(Cc2ccccc2)CC[C@@H]1N. The lowest BCUT2D eigenvalue weighted by molar-refractivity contribution is 0.0910. The second-order valence-electron chi connectivity index (χ2n) is 5.01. The van der Waals surface area contributed by atoms with Gasteiger partial charge in [-0.3, -0.25) is 4.90 Å². The van der Waals surface area contributed by atoms with Gasteiger partial charge in [0, 0.05) is 25.2 Å². The number of piperidine rings is 1. The van der Waals surface area contributed by atoms with E-state index in [1.165, 1.54) is 5.56 Å². The molecule has 1 aliphatic rings. The molecule has 1 aromatic carbocycles. The molecule has 0 aromatic heterocycles. The summed E-state index contributed by atoms with van der Waals surface area (Å²) in [6.07, 6.45) is 1.12. The minimum atomic E-state index is 0.377. The molecule has 16 heavy (non-hydrogen) atoms. The van der Waals surface area contributed by atoms with Crippen molar-refractivity contribution in [3.8, 4) is 0 Å². The Bertz CT molecular complexity index is 323. The van der Waals surface area contributed by atoms with Crippen molar-refractivity contribution in [2.24, 2.45) is 11.7 Å². The van der Waals surface area contributed by atoms with Gasteiger partial charge in [-0.05, 0) is 24.8 Å². The molecule has 1 aromatic rings. The second kappa shape index (κ2) is 4.98. The third-order valence-electron chi connectivity index (χ3n) is 3.99. The predicted molar refractivity (Wildman–Crippen MR) is 68.1 cm³/mol. The Balaban J connectivity index is 2.00. The predicted octanol–water partition coefficient (Wildman–Crippen LogP) is 2.24. The summed E-state index contributed by atoms with van der Waals surface area (Å²) in [6, 6.07) is 11.7. The summed E-state index contributed by atoms with van der Waals surface area (Å²) < 4.78 is 0. The fourth-order valence-electron chi connectivity index (χ4n) is 2.51. The molecular formula is C14H22N2. The number of hydrogen-bond donors (Lipinski definition) is 1. The van der Waals surface area contributed by atoms with Crippen molar-refractivity contribution in [2.75, 3.05) is 6.54 Å². The highest BCUT2D eigenvalue weighted by atomic mass is 15.2. The Kier molecular flexibility index (Phi) is 3.62. The lowest BCUT2D eigenvalue weighted by Crippen LogP contribution is -2.51. The standard InChI is InChI=1S/C14H22N2/c1-11-12(2)16(9-8-14(11)15)10-13-6-4-3-5-7-13/h3-7,11-12,14H,8-10,15H2,1-2H3/t11-,12+,14-/m0/s1. The highest BCUT2D eigenvalue weighted by Gasteiger charge is 2.29. The normalized spacial score (nSPS) is 31.6. The van der Waals surface area contributed by atoms with Crippen LogP contribution in [0.5, 0.6) is 0 Å². The van der Waals surface area contributed by atoms with Crippen LogP contribution in [0.3, 0.4) is 0 Å². The monoisotopic (exact) mass is 218 g/mol. The van der Waals surface area contributed by atoms with Gasteiger partial charge < -0.3 is 5.73 Å². The number of likely N-dealkylation sites (tertiary alicyclic amines) is 1. The van der Waals surface area contributed by atoms with Gasteiger partial charge in [0.25, 0.3) is 0 Å². The summed E-state index contributed by atoms with van der Waals surface area (Å²) >= 11 is 0. The van der Waals surface area contributed by atoms with Gasteiger partial charge in [0.2, 0.25) is 0 Å². The molecule has 0 radical (unpaired) electrons. The second-order valence-corrected chi connectivity index (χ2v) is 5.01. The van der Waals surface area contributed by atoms with Crippen molar-refractivity contribution in [1.82, 2.24) is 4.90 Å². The van der Waals surface area contributed by atoms with E-state index in [1.54, 1.807) is 0 Å². The summed E-state index contributed by atoms with van der Waals surface area (Å²) in [5.41, 5.74) is 7.50. The van der Waals surface area contributed by atoms with Crippen LogP contribution >= 0.6 is 0 Å². The summed E-state index contributed by atoms with van der Waals surface area (Å²) in [7, 11) is 0.